The van der Waals surface area contributed by atoms with E-state index in [4.69, 9.17) is 14.2 Å². The van der Waals surface area contributed by atoms with Crippen LogP contribution in [0.2, 0.25) is 0 Å². The fourth-order valence-electron chi connectivity index (χ4n) is 3.94. The maximum Gasteiger partial charge on any atom is 0.251 e. The van der Waals surface area contributed by atoms with E-state index in [1.165, 1.54) is 0 Å². The summed E-state index contributed by atoms with van der Waals surface area (Å²) in [6.45, 7) is 3.02. The Bertz CT molecular complexity index is 1300. The molecule has 0 fully saturated rings. The highest BCUT2D eigenvalue weighted by molar-refractivity contribution is 5.95. The van der Waals surface area contributed by atoms with Gasteiger partial charge >= 0.3 is 0 Å². The van der Waals surface area contributed by atoms with Crippen molar-refractivity contribution in [2.45, 2.75) is 13.0 Å². The first kappa shape index (κ1) is 21.6. The van der Waals surface area contributed by atoms with E-state index in [1.54, 1.807) is 19.2 Å². The monoisotopic (exact) mass is 455 g/mol. The van der Waals surface area contributed by atoms with Gasteiger partial charge < -0.3 is 19.5 Å². The van der Waals surface area contributed by atoms with E-state index < -0.39 is 0 Å². The number of H-pyrrole nitrogens is 1. The van der Waals surface area contributed by atoms with Gasteiger partial charge in [0.25, 0.3) is 5.91 Å². The number of hydrogen-bond acceptors (Lipinski definition) is 5. The molecule has 1 aromatic heterocycles. The number of nitrogens with zero attached hydrogens (tertiary/aromatic N) is 1. The second-order valence-corrected chi connectivity index (χ2v) is 8.04. The SMILES string of the molecule is COc1ccc([C@@H](C)NC(=O)c2ccc(-c3cc(-c4cccc5c4OCCO5)[nH]n3)cc2)cc1. The van der Waals surface area contributed by atoms with Crippen molar-refractivity contribution in [2.75, 3.05) is 20.3 Å². The number of fused-ring (bicyclic) bond motifs is 1. The smallest absolute Gasteiger partial charge is 0.251 e. The third-order valence-electron chi connectivity index (χ3n) is 5.84. The number of para-hydroxylation sites is 1. The zero-order chi connectivity index (χ0) is 23.5. The molecule has 0 bridgehead atoms. The zero-order valence-corrected chi connectivity index (χ0v) is 19.0. The van der Waals surface area contributed by atoms with Crippen molar-refractivity contribution in [1.82, 2.24) is 15.5 Å². The molecular weight excluding hydrogens is 430 g/mol. The number of methoxy groups -OCH3 is 1. The number of rotatable bonds is 6. The summed E-state index contributed by atoms with van der Waals surface area (Å²) in [7, 11) is 1.63. The molecule has 0 unspecified atom stereocenters. The van der Waals surface area contributed by atoms with Crippen molar-refractivity contribution in [2.24, 2.45) is 0 Å². The quantitative estimate of drug-likeness (QED) is 0.427. The second kappa shape index (κ2) is 9.31. The molecule has 34 heavy (non-hydrogen) atoms. The highest BCUT2D eigenvalue weighted by atomic mass is 16.6. The van der Waals surface area contributed by atoms with E-state index in [2.05, 4.69) is 15.5 Å². The van der Waals surface area contributed by atoms with Crippen LogP contribution in [0.5, 0.6) is 17.2 Å². The number of amides is 1. The number of aromatic amines is 1. The van der Waals surface area contributed by atoms with Gasteiger partial charge in [-0.25, -0.2) is 0 Å². The minimum atomic E-state index is -0.134. The molecule has 4 aromatic rings. The molecule has 7 nitrogen and oxygen atoms in total. The fourth-order valence-corrected chi connectivity index (χ4v) is 3.94. The number of nitrogens with one attached hydrogen (secondary N) is 2. The van der Waals surface area contributed by atoms with Crippen molar-refractivity contribution in [3.05, 3.63) is 83.9 Å². The van der Waals surface area contributed by atoms with Gasteiger partial charge in [-0.1, -0.05) is 30.3 Å². The maximum atomic E-state index is 12.7. The Morgan fingerprint density at radius 2 is 1.79 bits per heavy atom. The van der Waals surface area contributed by atoms with Crippen LogP contribution in [0.1, 0.15) is 28.9 Å². The van der Waals surface area contributed by atoms with E-state index in [-0.39, 0.29) is 11.9 Å². The molecule has 0 aliphatic carbocycles. The molecule has 1 aliphatic heterocycles. The van der Waals surface area contributed by atoms with Crippen LogP contribution in [0, 0.1) is 0 Å². The lowest BCUT2D eigenvalue weighted by Crippen LogP contribution is -2.26. The third-order valence-corrected chi connectivity index (χ3v) is 5.84. The minimum Gasteiger partial charge on any atom is -0.497 e. The van der Waals surface area contributed by atoms with Crippen LogP contribution >= 0.6 is 0 Å². The van der Waals surface area contributed by atoms with Crippen LogP contribution in [-0.4, -0.2) is 36.4 Å². The summed E-state index contributed by atoms with van der Waals surface area (Å²) >= 11 is 0. The predicted molar refractivity (Wildman–Crippen MR) is 129 cm³/mol. The van der Waals surface area contributed by atoms with Crippen LogP contribution in [0.4, 0.5) is 0 Å². The molecular formula is C27H25N3O4. The summed E-state index contributed by atoms with van der Waals surface area (Å²) in [5.74, 6) is 2.11. The van der Waals surface area contributed by atoms with Gasteiger partial charge in [0.1, 0.15) is 19.0 Å². The Morgan fingerprint density at radius 3 is 2.56 bits per heavy atom. The summed E-state index contributed by atoms with van der Waals surface area (Å²) in [5, 5.41) is 10.6. The molecule has 1 aliphatic rings. The molecule has 2 heterocycles. The van der Waals surface area contributed by atoms with Gasteiger partial charge in [0.2, 0.25) is 0 Å². The van der Waals surface area contributed by atoms with Crippen LogP contribution in [0.3, 0.4) is 0 Å². The molecule has 1 amide bonds. The minimum absolute atomic E-state index is 0.130. The molecule has 2 N–H and O–H groups in total. The lowest BCUT2D eigenvalue weighted by molar-refractivity contribution is 0.0940. The lowest BCUT2D eigenvalue weighted by Gasteiger charge is -2.20. The van der Waals surface area contributed by atoms with Crippen LogP contribution in [-0.2, 0) is 0 Å². The Kier molecular flexibility index (Phi) is 5.91. The van der Waals surface area contributed by atoms with Gasteiger partial charge in [-0.15, -0.1) is 0 Å². The fraction of sp³-hybridized carbons (Fsp3) is 0.185. The molecule has 5 rings (SSSR count). The molecule has 3 aromatic carbocycles. The molecule has 7 heteroatoms. The molecule has 172 valence electrons. The molecule has 1 atom stereocenters. The molecule has 0 saturated carbocycles. The molecule has 0 spiro atoms. The Labute approximate surface area is 197 Å². The Hall–Kier alpha value is -4.26. The van der Waals surface area contributed by atoms with Gasteiger partial charge in [-0.05, 0) is 55.0 Å². The van der Waals surface area contributed by atoms with E-state index in [9.17, 15) is 4.79 Å². The van der Waals surface area contributed by atoms with Crippen LogP contribution in [0.25, 0.3) is 22.5 Å². The predicted octanol–water partition coefficient (Wildman–Crippen LogP) is 5.01. The van der Waals surface area contributed by atoms with Gasteiger partial charge in [-0.2, -0.15) is 5.10 Å². The number of carbonyl (C=O) groups is 1. The van der Waals surface area contributed by atoms with Crippen molar-refractivity contribution in [3.8, 4) is 39.8 Å². The van der Waals surface area contributed by atoms with Crippen LogP contribution < -0.4 is 19.5 Å². The van der Waals surface area contributed by atoms with Crippen molar-refractivity contribution < 1.29 is 19.0 Å². The number of aromatic nitrogens is 2. The molecule has 0 saturated heterocycles. The normalized spacial score (nSPS) is 13.2. The highest BCUT2D eigenvalue weighted by Crippen LogP contribution is 2.39. The summed E-state index contributed by atoms with van der Waals surface area (Å²) < 4.78 is 16.7. The summed E-state index contributed by atoms with van der Waals surface area (Å²) in [5.41, 5.74) is 5.02. The first-order valence-corrected chi connectivity index (χ1v) is 11.1. The second-order valence-electron chi connectivity index (χ2n) is 8.04. The largest absolute Gasteiger partial charge is 0.497 e. The van der Waals surface area contributed by atoms with Gasteiger partial charge in [0.05, 0.1) is 24.5 Å². The van der Waals surface area contributed by atoms with E-state index in [0.29, 0.717) is 18.8 Å². The number of hydrogen-bond donors (Lipinski definition) is 2. The lowest BCUT2D eigenvalue weighted by atomic mass is 10.1. The number of ether oxygens (including phenoxy) is 3. The maximum absolute atomic E-state index is 12.7. The standard InChI is InChI=1S/C27H25N3O4/c1-17(18-10-12-21(32-2)13-11-18)28-27(31)20-8-6-19(7-9-20)23-16-24(30-29-23)22-4-3-5-25-26(22)34-15-14-33-25/h3-13,16-17H,14-15H2,1-2H3,(H,28,31)(H,29,30)/t17-/m1/s1. The number of benzene rings is 3. The number of carbonyl (C=O) groups excluding carboxylic acids is 1. The average Bonchev–Trinajstić information content (AvgIpc) is 3.38. The Morgan fingerprint density at radius 1 is 1.03 bits per heavy atom. The Balaban J connectivity index is 1.29. The zero-order valence-electron chi connectivity index (χ0n) is 19.0. The van der Waals surface area contributed by atoms with Gasteiger partial charge in [0, 0.05) is 16.7 Å². The summed E-state index contributed by atoms with van der Waals surface area (Å²) in [6, 6.07) is 22.7. The summed E-state index contributed by atoms with van der Waals surface area (Å²) in [4.78, 5) is 12.7. The van der Waals surface area contributed by atoms with E-state index in [0.717, 1.165) is 45.3 Å². The topological polar surface area (TPSA) is 85.5 Å². The average molecular weight is 456 g/mol. The molecule has 0 radical (unpaired) electrons. The van der Waals surface area contributed by atoms with Gasteiger partial charge in [-0.3, -0.25) is 9.89 Å². The van der Waals surface area contributed by atoms with E-state index in [1.807, 2.05) is 67.6 Å². The first-order chi connectivity index (χ1) is 16.6. The highest BCUT2D eigenvalue weighted by Gasteiger charge is 2.19. The van der Waals surface area contributed by atoms with Crippen molar-refractivity contribution in [3.63, 3.8) is 0 Å². The first-order valence-electron chi connectivity index (χ1n) is 11.1. The van der Waals surface area contributed by atoms with E-state index >= 15 is 0 Å². The van der Waals surface area contributed by atoms with Crippen molar-refractivity contribution in [1.29, 1.82) is 0 Å². The van der Waals surface area contributed by atoms with Crippen molar-refractivity contribution >= 4 is 5.91 Å². The summed E-state index contributed by atoms with van der Waals surface area (Å²) in [6.07, 6.45) is 0. The third kappa shape index (κ3) is 4.32. The van der Waals surface area contributed by atoms with Gasteiger partial charge in [0.15, 0.2) is 11.5 Å². The van der Waals surface area contributed by atoms with Crippen LogP contribution in [0.15, 0.2) is 72.8 Å².